The number of benzene rings is 7. The third-order valence-electron chi connectivity index (χ3n) is 10.8. The Bertz CT molecular complexity index is 2380. The Balaban J connectivity index is 1.25. The van der Waals surface area contributed by atoms with Gasteiger partial charge in [-0.15, -0.1) is 0 Å². The van der Waals surface area contributed by atoms with E-state index in [1.54, 1.807) is 0 Å². The predicted octanol–water partition coefficient (Wildman–Crippen LogP) is 9.62. The Kier molecular flexibility index (Phi) is 5.90. The van der Waals surface area contributed by atoms with Crippen LogP contribution in [-0.4, -0.2) is 6.71 Å². The van der Waals surface area contributed by atoms with Gasteiger partial charge in [-0.05, 0) is 124 Å². The van der Waals surface area contributed by atoms with Gasteiger partial charge >= 0.3 is 0 Å². The molecule has 48 heavy (non-hydrogen) atoms. The molecule has 2 nitrogen and oxygen atoms in total. The highest BCUT2D eigenvalue weighted by atomic mass is 15.2. The predicted molar refractivity (Wildman–Crippen MR) is 204 cm³/mol. The fraction of sp³-hybridized carbons (Fsp3) is 0.0667. The van der Waals surface area contributed by atoms with Crippen molar-refractivity contribution >= 4 is 57.2 Å². The SMILES string of the molecule is Cc1ccc(N2c3cccc4c3B(c3cc(-c5ccccc5)ccc3N4c3ccc(-c4ccccc4)cc3)c3c2cc2c(C)c3C2)cc1. The smallest absolute Gasteiger partial charge is 0.252 e. The molecule has 226 valence electrons. The molecular weight excluding hydrogens is 579 g/mol. The van der Waals surface area contributed by atoms with E-state index in [1.165, 1.54) is 95.0 Å². The average Bonchev–Trinajstić information content (AvgIpc) is 3.15. The summed E-state index contributed by atoms with van der Waals surface area (Å²) in [5.74, 6) is 0. The van der Waals surface area contributed by atoms with Crippen molar-refractivity contribution < 1.29 is 0 Å². The van der Waals surface area contributed by atoms with Crippen LogP contribution in [0.1, 0.15) is 22.3 Å². The van der Waals surface area contributed by atoms with Gasteiger partial charge in [-0.2, -0.15) is 0 Å². The van der Waals surface area contributed by atoms with Gasteiger partial charge in [0.2, 0.25) is 0 Å². The Morgan fingerprint density at radius 1 is 0.458 bits per heavy atom. The molecule has 0 N–H and O–H groups in total. The molecule has 2 bridgehead atoms. The first-order chi connectivity index (χ1) is 23.6. The molecule has 0 radical (unpaired) electrons. The lowest BCUT2D eigenvalue weighted by Gasteiger charge is -2.46. The van der Waals surface area contributed by atoms with Gasteiger partial charge < -0.3 is 9.80 Å². The molecule has 0 atom stereocenters. The Hall–Kier alpha value is -5.80. The van der Waals surface area contributed by atoms with Gasteiger partial charge in [-0.25, -0.2) is 0 Å². The summed E-state index contributed by atoms with van der Waals surface area (Å²) in [4.78, 5) is 5.03. The van der Waals surface area contributed by atoms with E-state index >= 15 is 0 Å². The fourth-order valence-corrected chi connectivity index (χ4v) is 8.33. The lowest BCUT2D eigenvalue weighted by atomic mass is 9.32. The van der Waals surface area contributed by atoms with E-state index in [2.05, 4.69) is 175 Å². The van der Waals surface area contributed by atoms with E-state index in [0.29, 0.717) is 0 Å². The first-order valence-electron chi connectivity index (χ1n) is 16.9. The van der Waals surface area contributed by atoms with E-state index in [9.17, 15) is 0 Å². The summed E-state index contributed by atoms with van der Waals surface area (Å²) in [6.45, 7) is 4.62. The molecule has 0 fully saturated rings. The van der Waals surface area contributed by atoms with Crippen molar-refractivity contribution in [1.29, 1.82) is 0 Å². The van der Waals surface area contributed by atoms with Crippen molar-refractivity contribution in [2.24, 2.45) is 0 Å². The van der Waals surface area contributed by atoms with Crippen molar-refractivity contribution in [2.75, 3.05) is 9.80 Å². The minimum Gasteiger partial charge on any atom is -0.311 e. The molecule has 0 aromatic heterocycles. The number of anilines is 6. The topological polar surface area (TPSA) is 6.48 Å². The first-order valence-corrected chi connectivity index (χ1v) is 16.9. The largest absolute Gasteiger partial charge is 0.311 e. The molecule has 2 heterocycles. The molecular formula is C45H33BN2. The van der Waals surface area contributed by atoms with E-state index in [-0.39, 0.29) is 6.71 Å². The third kappa shape index (κ3) is 3.94. The lowest BCUT2D eigenvalue weighted by molar-refractivity contribution is 1.03. The Morgan fingerprint density at radius 2 is 1.02 bits per heavy atom. The van der Waals surface area contributed by atoms with Gasteiger partial charge in [0.05, 0.1) is 0 Å². The van der Waals surface area contributed by atoms with Gasteiger partial charge in [-0.1, -0.05) is 109 Å². The van der Waals surface area contributed by atoms with Crippen LogP contribution < -0.4 is 26.2 Å². The second kappa shape index (κ2) is 10.4. The molecule has 11 rings (SSSR count). The van der Waals surface area contributed by atoms with Crippen LogP contribution in [0.25, 0.3) is 22.3 Å². The molecule has 2 aliphatic carbocycles. The van der Waals surface area contributed by atoms with E-state index in [0.717, 1.165) is 6.42 Å². The van der Waals surface area contributed by atoms with Gasteiger partial charge in [0, 0.05) is 34.1 Å². The molecule has 0 unspecified atom stereocenters. The maximum absolute atomic E-state index is 2.53. The summed E-state index contributed by atoms with van der Waals surface area (Å²) in [5, 5.41) is 0. The van der Waals surface area contributed by atoms with E-state index in [1.807, 2.05) is 0 Å². The van der Waals surface area contributed by atoms with Gasteiger partial charge in [-0.3, -0.25) is 0 Å². The molecule has 4 aliphatic rings. The average molecular weight is 613 g/mol. The number of rotatable bonds is 4. The zero-order valence-electron chi connectivity index (χ0n) is 27.1. The standard InChI is InChI=1S/C45H33BN2/c1-29-16-21-36(22-17-29)48-42-15-9-14-41-45(42)46(44-38-26-35(30(38)2)28-43(44)48)39-27-34(32-12-7-4-8-13-32)20-25-40(39)47(41)37-23-18-33(19-24-37)31-10-5-3-6-11-31/h3-25,27-28H,26H2,1-2H3. The molecule has 0 saturated carbocycles. The summed E-state index contributed by atoms with van der Waals surface area (Å²) in [7, 11) is 0. The fourth-order valence-electron chi connectivity index (χ4n) is 8.33. The Morgan fingerprint density at radius 3 is 1.67 bits per heavy atom. The summed E-state index contributed by atoms with van der Waals surface area (Å²) < 4.78 is 0. The van der Waals surface area contributed by atoms with Gasteiger partial charge in [0.1, 0.15) is 0 Å². The van der Waals surface area contributed by atoms with Crippen molar-refractivity contribution in [3.63, 3.8) is 0 Å². The quantitative estimate of drug-likeness (QED) is 0.183. The molecule has 0 amide bonds. The van der Waals surface area contributed by atoms with Crippen LogP contribution in [0.5, 0.6) is 0 Å². The second-order valence-corrected chi connectivity index (χ2v) is 13.5. The first kappa shape index (κ1) is 27.3. The minimum absolute atomic E-state index is 0.134. The van der Waals surface area contributed by atoms with Crippen LogP contribution in [0.2, 0.25) is 0 Å². The van der Waals surface area contributed by atoms with Crippen LogP contribution in [0.3, 0.4) is 0 Å². The normalized spacial score (nSPS) is 13.4. The zero-order chi connectivity index (χ0) is 31.9. The molecule has 7 aromatic rings. The van der Waals surface area contributed by atoms with Crippen molar-refractivity contribution in [3.05, 3.63) is 174 Å². The Labute approximate surface area is 282 Å². The van der Waals surface area contributed by atoms with Gasteiger partial charge in [0.25, 0.3) is 6.71 Å². The highest BCUT2D eigenvalue weighted by Crippen LogP contribution is 2.47. The van der Waals surface area contributed by atoms with Crippen LogP contribution in [-0.2, 0) is 6.42 Å². The summed E-state index contributed by atoms with van der Waals surface area (Å²) >= 11 is 0. The number of fused-ring (bicyclic) bond motifs is 2. The zero-order valence-corrected chi connectivity index (χ0v) is 27.1. The third-order valence-corrected chi connectivity index (χ3v) is 10.8. The number of hydrogen-bond acceptors (Lipinski definition) is 2. The lowest BCUT2D eigenvalue weighted by Crippen LogP contribution is -2.63. The summed E-state index contributed by atoms with van der Waals surface area (Å²) in [6, 6.07) is 56.1. The number of hydrogen-bond donors (Lipinski definition) is 0. The number of aryl methyl sites for hydroxylation is 2. The molecule has 0 saturated heterocycles. The highest BCUT2D eigenvalue weighted by molar-refractivity contribution is 7.00. The molecule has 2 aliphatic heterocycles. The van der Waals surface area contributed by atoms with Crippen LogP contribution in [0.4, 0.5) is 34.1 Å². The van der Waals surface area contributed by atoms with Crippen molar-refractivity contribution in [3.8, 4) is 22.3 Å². The van der Waals surface area contributed by atoms with E-state index in [4.69, 9.17) is 0 Å². The van der Waals surface area contributed by atoms with Gasteiger partial charge in [0.15, 0.2) is 0 Å². The van der Waals surface area contributed by atoms with Crippen molar-refractivity contribution in [1.82, 2.24) is 0 Å². The van der Waals surface area contributed by atoms with Crippen LogP contribution >= 0.6 is 0 Å². The second-order valence-electron chi connectivity index (χ2n) is 13.5. The maximum atomic E-state index is 2.53. The molecule has 7 aromatic carbocycles. The number of nitrogens with zero attached hydrogens (tertiary/aromatic N) is 2. The maximum Gasteiger partial charge on any atom is 0.252 e. The monoisotopic (exact) mass is 612 g/mol. The molecule has 0 spiro atoms. The molecule has 3 heteroatoms. The minimum atomic E-state index is 0.134. The van der Waals surface area contributed by atoms with Crippen molar-refractivity contribution in [2.45, 2.75) is 20.3 Å². The highest BCUT2D eigenvalue weighted by Gasteiger charge is 2.46. The van der Waals surface area contributed by atoms with Crippen LogP contribution in [0.15, 0.2) is 152 Å². The van der Waals surface area contributed by atoms with Crippen LogP contribution in [0, 0.1) is 13.8 Å². The summed E-state index contributed by atoms with van der Waals surface area (Å²) in [6.07, 6.45) is 1.05. The summed E-state index contributed by atoms with van der Waals surface area (Å²) in [5.41, 5.74) is 22.3. The van der Waals surface area contributed by atoms with E-state index < -0.39 is 0 Å².